The van der Waals surface area contributed by atoms with Gasteiger partial charge in [-0.2, -0.15) is 0 Å². The molecule has 0 amide bonds. The molecule has 0 radical (unpaired) electrons. The SMILES string of the molecule is Fc1ccc(CNC[C@H]2CC(c3ccc(Cl)cc3)=NO2)cc1. The van der Waals surface area contributed by atoms with Gasteiger partial charge in [0.1, 0.15) is 11.9 Å². The Balaban J connectivity index is 1.46. The van der Waals surface area contributed by atoms with Gasteiger partial charge in [-0.1, -0.05) is 41.0 Å². The molecule has 0 bridgehead atoms. The van der Waals surface area contributed by atoms with Crippen molar-refractivity contribution in [2.24, 2.45) is 5.16 Å². The molecule has 0 fully saturated rings. The van der Waals surface area contributed by atoms with E-state index in [1.54, 1.807) is 12.1 Å². The Kier molecular flexibility index (Phi) is 4.71. The normalized spacial score (nSPS) is 17.2. The molecular formula is C17H16ClFN2O. The molecule has 22 heavy (non-hydrogen) atoms. The fourth-order valence-electron chi connectivity index (χ4n) is 2.33. The number of oxime groups is 1. The summed E-state index contributed by atoms with van der Waals surface area (Å²) in [5.74, 6) is -0.219. The van der Waals surface area contributed by atoms with E-state index in [9.17, 15) is 4.39 Å². The highest BCUT2D eigenvalue weighted by Crippen LogP contribution is 2.18. The van der Waals surface area contributed by atoms with Gasteiger partial charge in [0.05, 0.1) is 5.71 Å². The summed E-state index contributed by atoms with van der Waals surface area (Å²) in [5.41, 5.74) is 3.01. The van der Waals surface area contributed by atoms with Gasteiger partial charge in [-0.05, 0) is 35.4 Å². The van der Waals surface area contributed by atoms with Crippen LogP contribution in [0.1, 0.15) is 17.5 Å². The maximum atomic E-state index is 12.8. The van der Waals surface area contributed by atoms with E-state index >= 15 is 0 Å². The van der Waals surface area contributed by atoms with E-state index in [0.717, 1.165) is 23.3 Å². The minimum Gasteiger partial charge on any atom is -0.390 e. The lowest BCUT2D eigenvalue weighted by Crippen LogP contribution is -2.26. The molecule has 0 aromatic heterocycles. The van der Waals surface area contributed by atoms with Crippen molar-refractivity contribution in [2.75, 3.05) is 6.54 Å². The van der Waals surface area contributed by atoms with Crippen LogP contribution in [-0.2, 0) is 11.4 Å². The van der Waals surface area contributed by atoms with Crippen LogP contribution in [0, 0.1) is 5.82 Å². The molecule has 114 valence electrons. The van der Waals surface area contributed by atoms with Crippen LogP contribution in [0.15, 0.2) is 53.7 Å². The minimum atomic E-state index is -0.219. The quantitative estimate of drug-likeness (QED) is 0.910. The fraction of sp³-hybridized carbons (Fsp3) is 0.235. The van der Waals surface area contributed by atoms with Crippen LogP contribution in [0.5, 0.6) is 0 Å². The molecule has 3 rings (SSSR count). The van der Waals surface area contributed by atoms with E-state index in [-0.39, 0.29) is 11.9 Å². The van der Waals surface area contributed by atoms with Crippen LogP contribution in [0.4, 0.5) is 4.39 Å². The van der Waals surface area contributed by atoms with Crippen LogP contribution in [-0.4, -0.2) is 18.4 Å². The first kappa shape index (κ1) is 15.0. The van der Waals surface area contributed by atoms with Crippen LogP contribution >= 0.6 is 11.6 Å². The second kappa shape index (κ2) is 6.90. The summed E-state index contributed by atoms with van der Waals surface area (Å²) in [6, 6.07) is 14.0. The van der Waals surface area contributed by atoms with Gasteiger partial charge in [0.25, 0.3) is 0 Å². The van der Waals surface area contributed by atoms with Crippen LogP contribution < -0.4 is 5.32 Å². The molecular weight excluding hydrogens is 303 g/mol. The molecule has 1 N–H and O–H groups in total. The molecule has 1 aliphatic heterocycles. The molecule has 5 heteroatoms. The number of hydrogen-bond donors (Lipinski definition) is 1. The maximum Gasteiger partial charge on any atom is 0.145 e. The van der Waals surface area contributed by atoms with Crippen molar-refractivity contribution < 1.29 is 9.23 Å². The van der Waals surface area contributed by atoms with Crippen LogP contribution in [0.3, 0.4) is 0 Å². The fourth-order valence-corrected chi connectivity index (χ4v) is 2.46. The van der Waals surface area contributed by atoms with Crippen molar-refractivity contribution in [2.45, 2.75) is 19.1 Å². The molecule has 0 saturated carbocycles. The summed E-state index contributed by atoms with van der Waals surface area (Å²) in [5, 5.41) is 8.15. The molecule has 2 aromatic carbocycles. The third-order valence-corrected chi connectivity index (χ3v) is 3.78. The van der Waals surface area contributed by atoms with Gasteiger partial charge in [-0.3, -0.25) is 0 Å². The Morgan fingerprint density at radius 2 is 1.86 bits per heavy atom. The summed E-state index contributed by atoms with van der Waals surface area (Å²) in [7, 11) is 0. The lowest BCUT2D eigenvalue weighted by molar-refractivity contribution is 0.0848. The summed E-state index contributed by atoms with van der Waals surface area (Å²) >= 11 is 5.88. The Morgan fingerprint density at radius 1 is 1.14 bits per heavy atom. The second-order valence-corrected chi connectivity index (χ2v) is 5.67. The molecule has 0 aliphatic carbocycles. The van der Waals surface area contributed by atoms with Gasteiger partial charge in [-0.15, -0.1) is 0 Å². The van der Waals surface area contributed by atoms with Gasteiger partial charge in [0, 0.05) is 24.5 Å². The Morgan fingerprint density at radius 3 is 2.59 bits per heavy atom. The number of nitrogens with one attached hydrogen (secondary N) is 1. The van der Waals surface area contributed by atoms with Crippen molar-refractivity contribution in [3.05, 3.63) is 70.5 Å². The van der Waals surface area contributed by atoms with Gasteiger partial charge < -0.3 is 10.2 Å². The Hall–Kier alpha value is -1.91. The molecule has 0 unspecified atom stereocenters. The average molecular weight is 319 g/mol. The molecule has 0 spiro atoms. The monoisotopic (exact) mass is 318 g/mol. The summed E-state index contributed by atoms with van der Waals surface area (Å²) in [6.07, 6.45) is 0.782. The van der Waals surface area contributed by atoms with Crippen molar-refractivity contribution >= 4 is 17.3 Å². The molecule has 1 aliphatic rings. The number of nitrogens with zero attached hydrogens (tertiary/aromatic N) is 1. The smallest absolute Gasteiger partial charge is 0.145 e. The van der Waals surface area contributed by atoms with E-state index in [2.05, 4.69) is 10.5 Å². The third kappa shape index (κ3) is 3.84. The first-order valence-corrected chi connectivity index (χ1v) is 7.52. The first-order chi connectivity index (χ1) is 10.7. The van der Waals surface area contributed by atoms with Gasteiger partial charge in [0.2, 0.25) is 0 Å². The van der Waals surface area contributed by atoms with E-state index in [4.69, 9.17) is 16.4 Å². The second-order valence-electron chi connectivity index (χ2n) is 5.23. The number of benzene rings is 2. The predicted molar refractivity (Wildman–Crippen MR) is 85.6 cm³/mol. The summed E-state index contributed by atoms with van der Waals surface area (Å²) < 4.78 is 12.8. The number of rotatable bonds is 5. The zero-order chi connectivity index (χ0) is 15.4. The summed E-state index contributed by atoms with van der Waals surface area (Å²) in [4.78, 5) is 5.44. The third-order valence-electron chi connectivity index (χ3n) is 3.52. The molecule has 3 nitrogen and oxygen atoms in total. The van der Waals surface area contributed by atoms with E-state index in [1.807, 2.05) is 24.3 Å². The first-order valence-electron chi connectivity index (χ1n) is 7.14. The Bertz CT molecular complexity index is 655. The lowest BCUT2D eigenvalue weighted by Gasteiger charge is -2.09. The topological polar surface area (TPSA) is 33.6 Å². The Labute approximate surface area is 133 Å². The number of hydrogen-bond acceptors (Lipinski definition) is 3. The predicted octanol–water partition coefficient (Wildman–Crippen LogP) is 3.76. The largest absolute Gasteiger partial charge is 0.390 e. The average Bonchev–Trinajstić information content (AvgIpc) is 2.99. The van der Waals surface area contributed by atoms with Gasteiger partial charge in [-0.25, -0.2) is 4.39 Å². The molecule has 1 atom stereocenters. The summed E-state index contributed by atoms with van der Waals surface area (Å²) in [6.45, 7) is 1.37. The van der Waals surface area contributed by atoms with Crippen LogP contribution in [0.25, 0.3) is 0 Å². The molecule has 1 heterocycles. The van der Waals surface area contributed by atoms with Crippen molar-refractivity contribution in [3.8, 4) is 0 Å². The molecule has 0 saturated heterocycles. The highest BCUT2D eigenvalue weighted by molar-refractivity contribution is 6.30. The standard InChI is InChI=1S/C17H16ClFN2O/c18-14-5-3-13(4-6-14)17-9-16(22-21-17)11-20-10-12-1-7-15(19)8-2-12/h1-8,16,20H,9-11H2/t16-/m1/s1. The maximum absolute atomic E-state index is 12.8. The zero-order valence-corrected chi connectivity index (χ0v) is 12.7. The number of halogens is 2. The lowest BCUT2D eigenvalue weighted by atomic mass is 10.1. The van der Waals surface area contributed by atoms with E-state index in [1.165, 1.54) is 12.1 Å². The van der Waals surface area contributed by atoms with Gasteiger partial charge in [0.15, 0.2) is 0 Å². The zero-order valence-electron chi connectivity index (χ0n) is 11.9. The highest BCUT2D eigenvalue weighted by Gasteiger charge is 2.21. The van der Waals surface area contributed by atoms with Gasteiger partial charge >= 0.3 is 0 Å². The van der Waals surface area contributed by atoms with Crippen molar-refractivity contribution in [3.63, 3.8) is 0 Å². The van der Waals surface area contributed by atoms with Crippen molar-refractivity contribution in [1.82, 2.24) is 5.32 Å². The highest BCUT2D eigenvalue weighted by atomic mass is 35.5. The van der Waals surface area contributed by atoms with Crippen molar-refractivity contribution in [1.29, 1.82) is 0 Å². The van der Waals surface area contributed by atoms with E-state index in [0.29, 0.717) is 18.1 Å². The minimum absolute atomic E-state index is 0.0196. The van der Waals surface area contributed by atoms with E-state index < -0.39 is 0 Å². The molecule has 2 aromatic rings. The van der Waals surface area contributed by atoms with Crippen LogP contribution in [0.2, 0.25) is 5.02 Å².